The maximum Gasteiger partial charge on any atom is 0.255 e. The molecule has 160 valence electrons. The lowest BCUT2D eigenvalue weighted by molar-refractivity contribution is 0.0303. The number of carbonyl (C=O) groups excluding carboxylic acids is 1. The molecule has 1 saturated heterocycles. The average Bonchev–Trinajstić information content (AvgIpc) is 3.14. The third-order valence-electron chi connectivity index (χ3n) is 5.62. The first-order chi connectivity index (χ1) is 14.9. The summed E-state index contributed by atoms with van der Waals surface area (Å²) in [5.74, 6) is 0.667. The monoisotopic (exact) mass is 456 g/mol. The second-order valence-corrected chi connectivity index (χ2v) is 8.30. The SMILES string of the molecule is CCn1c(Cc2c(Cl)ccc(C(=O)N3CCOCC3)c2Cl)nc2c(C)cc(C#N)cc21. The van der Waals surface area contributed by atoms with E-state index in [1.807, 2.05) is 26.0 Å². The summed E-state index contributed by atoms with van der Waals surface area (Å²) in [6.45, 7) is 6.78. The number of halogens is 2. The molecular formula is C23H22Cl2N4O2. The van der Waals surface area contributed by atoms with E-state index in [1.54, 1.807) is 17.0 Å². The van der Waals surface area contributed by atoms with Crippen LogP contribution in [0.4, 0.5) is 0 Å². The number of hydrogen-bond acceptors (Lipinski definition) is 4. The van der Waals surface area contributed by atoms with Gasteiger partial charge < -0.3 is 14.2 Å². The lowest BCUT2D eigenvalue weighted by atomic mass is 10.1. The van der Waals surface area contributed by atoms with Gasteiger partial charge in [-0.2, -0.15) is 5.26 Å². The summed E-state index contributed by atoms with van der Waals surface area (Å²) >= 11 is 13.2. The van der Waals surface area contributed by atoms with Gasteiger partial charge in [-0.1, -0.05) is 23.2 Å². The molecule has 0 aliphatic carbocycles. The molecule has 1 aliphatic heterocycles. The first-order valence-corrected chi connectivity index (χ1v) is 10.9. The molecule has 6 nitrogen and oxygen atoms in total. The number of nitriles is 1. The summed E-state index contributed by atoms with van der Waals surface area (Å²) < 4.78 is 7.40. The lowest BCUT2D eigenvalue weighted by Gasteiger charge is -2.27. The van der Waals surface area contributed by atoms with Gasteiger partial charge in [-0.25, -0.2) is 4.98 Å². The fourth-order valence-corrected chi connectivity index (χ4v) is 4.60. The van der Waals surface area contributed by atoms with Crippen molar-refractivity contribution in [3.63, 3.8) is 0 Å². The summed E-state index contributed by atoms with van der Waals surface area (Å²) in [5, 5.41) is 10.2. The van der Waals surface area contributed by atoms with Crippen LogP contribution in [0.5, 0.6) is 0 Å². The van der Waals surface area contributed by atoms with Crippen molar-refractivity contribution in [2.75, 3.05) is 26.3 Å². The summed E-state index contributed by atoms with van der Waals surface area (Å²) in [7, 11) is 0. The standard InChI is InChI=1S/C23H22Cl2N4O2/c1-3-29-19-11-15(13-26)10-14(2)22(19)27-20(29)12-17-18(24)5-4-16(21(17)25)23(30)28-6-8-31-9-7-28/h4-5,10-11H,3,6-9,12H2,1-2H3. The van der Waals surface area contributed by atoms with Crippen molar-refractivity contribution in [3.8, 4) is 6.07 Å². The molecule has 0 N–H and O–H groups in total. The molecule has 1 aliphatic rings. The highest BCUT2D eigenvalue weighted by Gasteiger charge is 2.24. The number of aryl methyl sites for hydroxylation is 2. The molecule has 1 fully saturated rings. The molecule has 0 bridgehead atoms. The number of imidazole rings is 1. The van der Waals surface area contributed by atoms with E-state index in [9.17, 15) is 10.1 Å². The molecule has 0 radical (unpaired) electrons. The number of fused-ring (bicyclic) bond motifs is 1. The van der Waals surface area contributed by atoms with Crippen molar-refractivity contribution in [3.05, 3.63) is 62.4 Å². The first-order valence-electron chi connectivity index (χ1n) is 10.2. The van der Waals surface area contributed by atoms with E-state index in [-0.39, 0.29) is 5.91 Å². The van der Waals surface area contributed by atoms with Crippen molar-refractivity contribution in [2.24, 2.45) is 0 Å². The zero-order chi connectivity index (χ0) is 22.1. The fraction of sp³-hybridized carbons (Fsp3) is 0.348. The van der Waals surface area contributed by atoms with Crippen LogP contribution in [0.1, 0.15) is 39.8 Å². The van der Waals surface area contributed by atoms with Crippen LogP contribution in [0.3, 0.4) is 0 Å². The van der Waals surface area contributed by atoms with E-state index >= 15 is 0 Å². The van der Waals surface area contributed by atoms with Crippen LogP contribution in [-0.2, 0) is 17.7 Å². The molecule has 3 aromatic rings. The van der Waals surface area contributed by atoms with Gasteiger partial charge in [0.15, 0.2) is 0 Å². The van der Waals surface area contributed by atoms with Crippen LogP contribution in [0.15, 0.2) is 24.3 Å². The van der Waals surface area contributed by atoms with Crippen LogP contribution in [0.2, 0.25) is 10.0 Å². The Kier molecular flexibility index (Phi) is 6.19. The molecule has 2 aromatic carbocycles. The molecule has 2 heterocycles. The summed E-state index contributed by atoms with van der Waals surface area (Å²) in [5.41, 5.74) is 4.40. The zero-order valence-electron chi connectivity index (χ0n) is 17.4. The number of aromatic nitrogens is 2. The Morgan fingerprint density at radius 3 is 2.68 bits per heavy atom. The number of amides is 1. The number of rotatable bonds is 4. The van der Waals surface area contributed by atoms with E-state index in [1.165, 1.54) is 0 Å². The van der Waals surface area contributed by atoms with Crippen molar-refractivity contribution >= 4 is 40.1 Å². The molecule has 0 unspecified atom stereocenters. The fourth-order valence-electron chi connectivity index (χ4n) is 4.01. The number of nitrogens with zero attached hydrogens (tertiary/aromatic N) is 4. The number of ether oxygens (including phenoxy) is 1. The molecular weight excluding hydrogens is 435 g/mol. The van der Waals surface area contributed by atoms with Crippen LogP contribution >= 0.6 is 23.2 Å². The van der Waals surface area contributed by atoms with Crippen LogP contribution < -0.4 is 0 Å². The van der Waals surface area contributed by atoms with Crippen LogP contribution in [-0.4, -0.2) is 46.7 Å². The van der Waals surface area contributed by atoms with Crippen molar-refractivity contribution in [2.45, 2.75) is 26.8 Å². The third-order valence-corrected chi connectivity index (χ3v) is 6.40. The third kappa shape index (κ3) is 4.01. The first kappa shape index (κ1) is 21.6. The topological polar surface area (TPSA) is 71.2 Å². The quantitative estimate of drug-likeness (QED) is 0.574. The Morgan fingerprint density at radius 2 is 2.00 bits per heavy atom. The maximum atomic E-state index is 13.0. The van der Waals surface area contributed by atoms with Gasteiger partial charge in [0.05, 0.1) is 46.5 Å². The van der Waals surface area contributed by atoms with Gasteiger partial charge in [0.25, 0.3) is 5.91 Å². The second-order valence-electron chi connectivity index (χ2n) is 7.51. The molecule has 0 saturated carbocycles. The molecule has 8 heteroatoms. The van der Waals surface area contributed by atoms with Crippen molar-refractivity contribution < 1.29 is 9.53 Å². The Bertz CT molecular complexity index is 1210. The Morgan fingerprint density at radius 1 is 1.26 bits per heavy atom. The predicted molar refractivity (Wildman–Crippen MR) is 121 cm³/mol. The van der Waals surface area contributed by atoms with E-state index < -0.39 is 0 Å². The van der Waals surface area contributed by atoms with Gasteiger partial charge in [-0.05, 0) is 49.2 Å². The molecule has 4 rings (SSSR count). The molecule has 0 spiro atoms. The highest BCUT2D eigenvalue weighted by atomic mass is 35.5. The zero-order valence-corrected chi connectivity index (χ0v) is 18.9. The largest absolute Gasteiger partial charge is 0.378 e. The molecule has 1 aromatic heterocycles. The Hall–Kier alpha value is -2.59. The van der Waals surface area contributed by atoms with E-state index in [4.69, 9.17) is 32.9 Å². The van der Waals surface area contributed by atoms with Gasteiger partial charge >= 0.3 is 0 Å². The number of hydrogen-bond donors (Lipinski definition) is 0. The maximum absolute atomic E-state index is 13.0. The van der Waals surface area contributed by atoms with Gasteiger partial charge in [0.2, 0.25) is 0 Å². The molecule has 0 atom stereocenters. The lowest BCUT2D eigenvalue weighted by Crippen LogP contribution is -2.40. The minimum atomic E-state index is -0.121. The van der Waals surface area contributed by atoms with Gasteiger partial charge in [0.1, 0.15) is 5.82 Å². The molecule has 31 heavy (non-hydrogen) atoms. The number of carbonyl (C=O) groups is 1. The normalized spacial score (nSPS) is 14.1. The number of morpholine rings is 1. The van der Waals surface area contributed by atoms with Crippen molar-refractivity contribution in [1.29, 1.82) is 5.26 Å². The smallest absolute Gasteiger partial charge is 0.255 e. The van der Waals surface area contributed by atoms with Gasteiger partial charge in [-0.3, -0.25) is 4.79 Å². The summed E-state index contributed by atoms with van der Waals surface area (Å²) in [4.78, 5) is 19.6. The number of benzene rings is 2. The summed E-state index contributed by atoms with van der Waals surface area (Å²) in [6, 6.07) is 9.29. The second kappa shape index (κ2) is 8.88. The van der Waals surface area contributed by atoms with E-state index in [0.29, 0.717) is 66.0 Å². The minimum absolute atomic E-state index is 0.121. The van der Waals surface area contributed by atoms with E-state index in [0.717, 1.165) is 22.4 Å². The van der Waals surface area contributed by atoms with Crippen LogP contribution in [0.25, 0.3) is 11.0 Å². The van der Waals surface area contributed by atoms with Crippen molar-refractivity contribution in [1.82, 2.24) is 14.5 Å². The summed E-state index contributed by atoms with van der Waals surface area (Å²) in [6.07, 6.45) is 0.381. The predicted octanol–water partition coefficient (Wildman–Crippen LogP) is 4.61. The highest BCUT2D eigenvalue weighted by Crippen LogP contribution is 2.32. The van der Waals surface area contributed by atoms with Crippen LogP contribution in [0, 0.1) is 18.3 Å². The minimum Gasteiger partial charge on any atom is -0.378 e. The highest BCUT2D eigenvalue weighted by molar-refractivity contribution is 6.38. The van der Waals surface area contributed by atoms with Gasteiger partial charge in [-0.15, -0.1) is 0 Å². The Labute approximate surface area is 190 Å². The van der Waals surface area contributed by atoms with Gasteiger partial charge in [0, 0.05) is 31.1 Å². The Balaban J connectivity index is 1.76. The molecule has 1 amide bonds. The van der Waals surface area contributed by atoms with E-state index in [2.05, 4.69) is 10.6 Å². The average molecular weight is 457 g/mol.